The van der Waals surface area contributed by atoms with Gasteiger partial charge < -0.3 is 15.1 Å². The van der Waals surface area contributed by atoms with Crippen LogP contribution in [0.5, 0.6) is 0 Å². The van der Waals surface area contributed by atoms with Crippen LogP contribution in [0, 0.1) is 17.4 Å². The van der Waals surface area contributed by atoms with Gasteiger partial charge in [-0.1, -0.05) is 23.2 Å². The molecule has 3 aliphatic heterocycles. The van der Waals surface area contributed by atoms with Gasteiger partial charge in [0.25, 0.3) is 0 Å². The number of halogens is 2. The SMILES string of the molecule is N#CN1[C@H]2CC[C@@H]1[C@H](NC(=O)[C@H]1CCN(c3cc(Cl)cc(Cl)c3)C1)C2. The molecule has 3 saturated heterocycles. The molecule has 4 rings (SSSR count). The van der Waals surface area contributed by atoms with Gasteiger partial charge in [-0.2, -0.15) is 5.26 Å². The smallest absolute Gasteiger partial charge is 0.225 e. The number of benzene rings is 1. The van der Waals surface area contributed by atoms with Crippen LogP contribution in [0.25, 0.3) is 0 Å². The summed E-state index contributed by atoms with van der Waals surface area (Å²) in [6.45, 7) is 1.49. The minimum Gasteiger partial charge on any atom is -0.371 e. The molecule has 7 heteroatoms. The molecule has 0 unspecified atom stereocenters. The Morgan fingerprint density at radius 1 is 1.20 bits per heavy atom. The molecule has 1 N–H and O–H groups in total. The molecule has 132 valence electrons. The lowest BCUT2D eigenvalue weighted by molar-refractivity contribution is -0.125. The maximum Gasteiger partial charge on any atom is 0.225 e. The van der Waals surface area contributed by atoms with Gasteiger partial charge in [0, 0.05) is 34.9 Å². The zero-order chi connectivity index (χ0) is 17.6. The summed E-state index contributed by atoms with van der Waals surface area (Å²) in [6.07, 6.45) is 6.07. The number of carbonyl (C=O) groups excluding carboxylic acids is 1. The largest absolute Gasteiger partial charge is 0.371 e. The molecule has 1 aromatic rings. The fraction of sp³-hybridized carbons (Fsp3) is 0.556. The van der Waals surface area contributed by atoms with Crippen molar-refractivity contribution in [3.05, 3.63) is 28.2 Å². The zero-order valence-corrected chi connectivity index (χ0v) is 15.3. The number of nitrogens with one attached hydrogen (secondary N) is 1. The van der Waals surface area contributed by atoms with E-state index in [1.165, 1.54) is 0 Å². The maximum absolute atomic E-state index is 12.7. The van der Waals surface area contributed by atoms with Crippen molar-refractivity contribution < 1.29 is 4.79 Å². The molecule has 3 heterocycles. The summed E-state index contributed by atoms with van der Waals surface area (Å²) in [5.41, 5.74) is 0.961. The van der Waals surface area contributed by atoms with Gasteiger partial charge in [0.2, 0.25) is 5.91 Å². The minimum atomic E-state index is -0.0348. The molecule has 1 aromatic carbocycles. The summed E-state index contributed by atoms with van der Waals surface area (Å²) in [7, 11) is 0. The number of fused-ring (bicyclic) bond motifs is 2. The van der Waals surface area contributed by atoms with Crippen LogP contribution < -0.4 is 10.2 Å². The summed E-state index contributed by atoms with van der Waals surface area (Å²) in [5.74, 6) is 0.0680. The van der Waals surface area contributed by atoms with Crippen molar-refractivity contribution in [2.45, 2.75) is 43.8 Å². The second kappa shape index (κ2) is 6.59. The zero-order valence-electron chi connectivity index (χ0n) is 13.8. The number of rotatable bonds is 3. The van der Waals surface area contributed by atoms with Crippen molar-refractivity contribution >= 4 is 34.8 Å². The molecule has 0 saturated carbocycles. The molecule has 25 heavy (non-hydrogen) atoms. The van der Waals surface area contributed by atoms with Crippen molar-refractivity contribution in [2.24, 2.45) is 5.92 Å². The van der Waals surface area contributed by atoms with Crippen molar-refractivity contribution in [2.75, 3.05) is 18.0 Å². The predicted molar refractivity (Wildman–Crippen MR) is 97.6 cm³/mol. The van der Waals surface area contributed by atoms with E-state index in [1.807, 2.05) is 17.0 Å². The van der Waals surface area contributed by atoms with E-state index < -0.39 is 0 Å². The fourth-order valence-electron chi connectivity index (χ4n) is 4.53. The second-order valence-corrected chi connectivity index (χ2v) is 8.09. The number of carbonyl (C=O) groups is 1. The van der Waals surface area contributed by atoms with Gasteiger partial charge in [-0.05, 0) is 43.9 Å². The molecule has 0 radical (unpaired) electrons. The summed E-state index contributed by atoms with van der Waals surface area (Å²) in [4.78, 5) is 16.7. The van der Waals surface area contributed by atoms with E-state index in [9.17, 15) is 10.1 Å². The Hall–Kier alpha value is -1.64. The molecule has 3 fully saturated rings. The minimum absolute atomic E-state index is 0.0348. The highest BCUT2D eigenvalue weighted by Crippen LogP contribution is 2.37. The third-order valence-electron chi connectivity index (χ3n) is 5.75. The van der Waals surface area contributed by atoms with Crippen LogP contribution in [0.4, 0.5) is 5.69 Å². The van der Waals surface area contributed by atoms with E-state index in [0.717, 1.165) is 37.9 Å². The Bertz CT molecular complexity index is 714. The van der Waals surface area contributed by atoms with Gasteiger partial charge in [0.1, 0.15) is 0 Å². The quantitative estimate of drug-likeness (QED) is 0.821. The number of nitrogens with zero attached hydrogens (tertiary/aromatic N) is 3. The first-order valence-electron chi connectivity index (χ1n) is 8.74. The first-order valence-corrected chi connectivity index (χ1v) is 9.50. The summed E-state index contributed by atoms with van der Waals surface area (Å²) in [5, 5.41) is 13.7. The number of nitriles is 1. The van der Waals surface area contributed by atoms with Gasteiger partial charge in [0.15, 0.2) is 6.19 Å². The van der Waals surface area contributed by atoms with Crippen molar-refractivity contribution in [3.8, 4) is 6.19 Å². The molecule has 5 nitrogen and oxygen atoms in total. The van der Waals surface area contributed by atoms with E-state index in [-0.39, 0.29) is 23.9 Å². The normalized spacial score (nSPS) is 30.6. The number of hydrogen-bond donors (Lipinski definition) is 1. The molecule has 1 amide bonds. The Labute approximate surface area is 157 Å². The van der Waals surface area contributed by atoms with Crippen LogP contribution in [0.1, 0.15) is 25.7 Å². The standard InChI is InChI=1S/C18H20Cl2N4O/c19-12-5-13(20)7-15(6-12)23-4-3-11(9-23)18(25)22-16-8-14-1-2-17(16)24(14)10-21/h5-7,11,14,16-17H,1-4,8-9H2,(H,22,25)/t11-,14-,16+,17+/m0/s1. The number of amides is 1. The Morgan fingerprint density at radius 3 is 2.64 bits per heavy atom. The maximum atomic E-state index is 12.7. The lowest BCUT2D eigenvalue weighted by Crippen LogP contribution is -2.46. The molecule has 2 bridgehead atoms. The number of anilines is 1. The van der Waals surface area contributed by atoms with Gasteiger partial charge >= 0.3 is 0 Å². The Morgan fingerprint density at radius 2 is 1.96 bits per heavy atom. The van der Waals surface area contributed by atoms with Crippen LogP contribution in [-0.4, -0.2) is 42.0 Å². The monoisotopic (exact) mass is 378 g/mol. The van der Waals surface area contributed by atoms with Crippen LogP contribution >= 0.6 is 23.2 Å². The average molecular weight is 379 g/mol. The highest BCUT2D eigenvalue weighted by molar-refractivity contribution is 6.35. The predicted octanol–water partition coefficient (Wildman–Crippen LogP) is 3.02. The topological polar surface area (TPSA) is 59.4 Å². The Kier molecular flexibility index (Phi) is 4.43. The first kappa shape index (κ1) is 16.8. The van der Waals surface area contributed by atoms with E-state index in [0.29, 0.717) is 22.6 Å². The van der Waals surface area contributed by atoms with Crippen molar-refractivity contribution in [1.29, 1.82) is 5.26 Å². The number of hydrogen-bond acceptors (Lipinski definition) is 4. The van der Waals surface area contributed by atoms with Gasteiger partial charge in [-0.3, -0.25) is 4.79 Å². The summed E-state index contributed by atoms with van der Waals surface area (Å²) in [6, 6.07) is 6.09. The Balaban J connectivity index is 1.37. The molecule has 0 aliphatic carbocycles. The highest BCUT2D eigenvalue weighted by atomic mass is 35.5. The third kappa shape index (κ3) is 3.14. The van der Waals surface area contributed by atoms with Crippen LogP contribution in [0.3, 0.4) is 0 Å². The van der Waals surface area contributed by atoms with Gasteiger partial charge in [0.05, 0.1) is 18.0 Å². The first-order chi connectivity index (χ1) is 12.0. The second-order valence-electron chi connectivity index (χ2n) is 7.22. The average Bonchev–Trinajstić information content (AvgIpc) is 3.27. The lowest BCUT2D eigenvalue weighted by Gasteiger charge is -2.24. The van der Waals surface area contributed by atoms with E-state index in [1.54, 1.807) is 6.07 Å². The van der Waals surface area contributed by atoms with Crippen LogP contribution in [0.15, 0.2) is 18.2 Å². The third-order valence-corrected chi connectivity index (χ3v) is 6.19. The molecule has 0 spiro atoms. The van der Waals surface area contributed by atoms with Crippen molar-refractivity contribution in [3.63, 3.8) is 0 Å². The van der Waals surface area contributed by atoms with Crippen molar-refractivity contribution in [1.82, 2.24) is 10.2 Å². The molecular weight excluding hydrogens is 359 g/mol. The molecule has 0 aromatic heterocycles. The molecule has 3 aliphatic rings. The molecular formula is C18H20Cl2N4O. The fourth-order valence-corrected chi connectivity index (χ4v) is 5.05. The van der Waals surface area contributed by atoms with E-state index in [4.69, 9.17) is 23.2 Å². The lowest BCUT2D eigenvalue weighted by atomic mass is 9.95. The van der Waals surface area contributed by atoms with E-state index in [2.05, 4.69) is 16.4 Å². The van der Waals surface area contributed by atoms with Crippen LogP contribution in [0.2, 0.25) is 10.0 Å². The van der Waals surface area contributed by atoms with E-state index >= 15 is 0 Å². The summed E-state index contributed by atoms with van der Waals surface area (Å²) < 4.78 is 0. The summed E-state index contributed by atoms with van der Waals surface area (Å²) >= 11 is 12.2. The molecule has 4 atom stereocenters. The van der Waals surface area contributed by atoms with Gasteiger partial charge in [-0.25, -0.2) is 0 Å². The highest BCUT2D eigenvalue weighted by Gasteiger charge is 2.47. The van der Waals surface area contributed by atoms with Crippen LogP contribution in [-0.2, 0) is 4.79 Å². The van der Waals surface area contributed by atoms with Gasteiger partial charge in [-0.15, -0.1) is 0 Å².